The Hall–Kier alpha value is -2.26. The summed E-state index contributed by atoms with van der Waals surface area (Å²) in [6.45, 7) is 2.38. The van der Waals surface area contributed by atoms with Crippen LogP contribution in [0, 0.1) is 0 Å². The number of anilines is 2. The van der Waals surface area contributed by atoms with Gasteiger partial charge in [-0.1, -0.05) is 22.0 Å². The molecule has 2 heterocycles. The molecule has 1 unspecified atom stereocenters. The van der Waals surface area contributed by atoms with Crippen molar-refractivity contribution in [2.75, 3.05) is 23.7 Å². The normalized spacial score (nSPS) is 20.1. The first-order chi connectivity index (χ1) is 14.0. The standard InChI is InChI=1S/C14H19N3O2.C7H6BrNO/c18-12-6-13(16-8-12)14(19)17-11-2-1-10-7-15-4-3-9(10)5-11;8-6-1-3-7(4-2-6)9-5-10/h1-2,5,12-13,15-16,18H,3-4,6-8H2,(H,17,19);1-5H,(H,9,10)/t12-,13?;/m1./s1. The lowest BCUT2D eigenvalue weighted by molar-refractivity contribution is -0.118. The van der Waals surface area contributed by atoms with Crippen molar-refractivity contribution in [3.63, 3.8) is 0 Å². The lowest BCUT2D eigenvalue weighted by Crippen LogP contribution is -2.35. The van der Waals surface area contributed by atoms with E-state index in [1.807, 2.05) is 30.3 Å². The Kier molecular flexibility index (Phi) is 7.76. The quantitative estimate of drug-likeness (QED) is 0.449. The van der Waals surface area contributed by atoms with Gasteiger partial charge in [0.15, 0.2) is 0 Å². The molecule has 0 aromatic heterocycles. The molecule has 7 nitrogen and oxygen atoms in total. The van der Waals surface area contributed by atoms with Gasteiger partial charge in [-0.05, 0) is 66.9 Å². The van der Waals surface area contributed by atoms with E-state index in [1.165, 1.54) is 11.1 Å². The van der Waals surface area contributed by atoms with Gasteiger partial charge in [0.1, 0.15) is 0 Å². The Morgan fingerprint density at radius 2 is 1.90 bits per heavy atom. The van der Waals surface area contributed by atoms with Crippen LogP contribution in [-0.2, 0) is 22.6 Å². The van der Waals surface area contributed by atoms with Crippen molar-refractivity contribution in [1.29, 1.82) is 0 Å². The molecule has 154 valence electrons. The predicted molar refractivity (Wildman–Crippen MR) is 117 cm³/mol. The molecule has 5 N–H and O–H groups in total. The van der Waals surface area contributed by atoms with Gasteiger partial charge in [0.25, 0.3) is 0 Å². The largest absolute Gasteiger partial charge is 0.392 e. The Bertz CT molecular complexity index is 844. The van der Waals surface area contributed by atoms with Crippen molar-refractivity contribution >= 4 is 39.6 Å². The van der Waals surface area contributed by atoms with Gasteiger partial charge in [-0.2, -0.15) is 0 Å². The minimum atomic E-state index is -0.412. The van der Waals surface area contributed by atoms with Gasteiger partial charge in [0, 0.05) is 28.9 Å². The van der Waals surface area contributed by atoms with E-state index in [2.05, 4.69) is 49.3 Å². The number of rotatable bonds is 4. The molecule has 2 aliphatic heterocycles. The van der Waals surface area contributed by atoms with E-state index in [4.69, 9.17) is 0 Å². The van der Waals surface area contributed by atoms with E-state index in [9.17, 15) is 14.7 Å². The maximum atomic E-state index is 12.0. The topological polar surface area (TPSA) is 102 Å². The highest BCUT2D eigenvalue weighted by Gasteiger charge is 2.28. The van der Waals surface area contributed by atoms with E-state index in [0.717, 1.165) is 35.4 Å². The summed E-state index contributed by atoms with van der Waals surface area (Å²) < 4.78 is 1.00. The van der Waals surface area contributed by atoms with Crippen molar-refractivity contribution in [3.05, 3.63) is 58.1 Å². The molecule has 2 aliphatic rings. The van der Waals surface area contributed by atoms with Crippen LogP contribution in [0.25, 0.3) is 0 Å². The number of hydrogen-bond acceptors (Lipinski definition) is 5. The third-order valence-electron chi connectivity index (χ3n) is 4.85. The van der Waals surface area contributed by atoms with Crippen LogP contribution in [0.15, 0.2) is 46.9 Å². The number of carbonyl (C=O) groups excluding carboxylic acids is 2. The molecule has 0 saturated carbocycles. The predicted octanol–water partition coefficient (Wildman–Crippen LogP) is 2.01. The summed E-state index contributed by atoms with van der Waals surface area (Å²) in [4.78, 5) is 22.0. The van der Waals surface area contributed by atoms with Crippen LogP contribution >= 0.6 is 15.9 Å². The highest BCUT2D eigenvalue weighted by Crippen LogP contribution is 2.20. The summed E-state index contributed by atoms with van der Waals surface area (Å²) in [7, 11) is 0. The first kappa shape index (κ1) is 21.4. The summed E-state index contributed by atoms with van der Waals surface area (Å²) in [5.74, 6) is -0.0644. The number of aliphatic hydroxyl groups excluding tert-OH is 1. The molecule has 4 rings (SSSR count). The highest BCUT2D eigenvalue weighted by atomic mass is 79.9. The molecular formula is C21H25BrN4O3. The van der Waals surface area contributed by atoms with E-state index in [1.54, 1.807) is 0 Å². The SMILES string of the molecule is O=C(Nc1ccc2c(c1)CCNC2)C1C[C@@H](O)CN1.O=CNc1ccc(Br)cc1. The van der Waals surface area contributed by atoms with Crippen LogP contribution < -0.4 is 21.3 Å². The summed E-state index contributed by atoms with van der Waals surface area (Å²) in [6, 6.07) is 13.1. The van der Waals surface area contributed by atoms with Gasteiger partial charge in [0.2, 0.25) is 12.3 Å². The lowest BCUT2D eigenvalue weighted by atomic mass is 10.0. The number of halogens is 1. The van der Waals surface area contributed by atoms with Crippen LogP contribution in [-0.4, -0.2) is 42.7 Å². The fraction of sp³-hybridized carbons (Fsp3) is 0.333. The highest BCUT2D eigenvalue weighted by molar-refractivity contribution is 9.10. The molecule has 8 heteroatoms. The molecule has 2 aromatic carbocycles. The average Bonchev–Trinajstić information content (AvgIpc) is 3.17. The first-order valence-electron chi connectivity index (χ1n) is 9.55. The van der Waals surface area contributed by atoms with Crippen molar-refractivity contribution < 1.29 is 14.7 Å². The van der Waals surface area contributed by atoms with Gasteiger partial charge in [-0.3, -0.25) is 9.59 Å². The third-order valence-corrected chi connectivity index (χ3v) is 5.38. The average molecular weight is 461 g/mol. The number of benzene rings is 2. The molecule has 2 amide bonds. The molecule has 0 radical (unpaired) electrons. The first-order valence-corrected chi connectivity index (χ1v) is 10.3. The Balaban J connectivity index is 0.000000204. The number of aliphatic hydroxyl groups is 1. The number of amides is 2. The van der Waals surface area contributed by atoms with Crippen molar-refractivity contribution in [1.82, 2.24) is 10.6 Å². The van der Waals surface area contributed by atoms with E-state index in [-0.39, 0.29) is 11.9 Å². The van der Waals surface area contributed by atoms with Crippen LogP contribution in [0.3, 0.4) is 0 Å². The minimum absolute atomic E-state index is 0.0644. The summed E-state index contributed by atoms with van der Waals surface area (Å²) in [6.07, 6.45) is 1.73. The molecule has 0 spiro atoms. The number of carbonyl (C=O) groups is 2. The second kappa shape index (κ2) is 10.5. The Morgan fingerprint density at radius 3 is 2.59 bits per heavy atom. The summed E-state index contributed by atoms with van der Waals surface area (Å²) in [5.41, 5.74) is 4.25. The molecule has 1 fully saturated rings. The van der Waals surface area contributed by atoms with Crippen LogP contribution in [0.4, 0.5) is 11.4 Å². The molecular weight excluding hydrogens is 436 g/mol. The van der Waals surface area contributed by atoms with E-state index in [0.29, 0.717) is 19.4 Å². The van der Waals surface area contributed by atoms with Gasteiger partial charge < -0.3 is 26.4 Å². The number of β-amino-alcohol motifs (C(OH)–C–C–N with tert-alkyl or cyclic N) is 1. The van der Waals surface area contributed by atoms with Crippen LogP contribution in [0.2, 0.25) is 0 Å². The zero-order chi connectivity index (χ0) is 20.6. The fourth-order valence-corrected chi connectivity index (χ4v) is 3.58. The minimum Gasteiger partial charge on any atom is -0.392 e. The Labute approximate surface area is 178 Å². The van der Waals surface area contributed by atoms with Gasteiger partial charge >= 0.3 is 0 Å². The number of hydrogen-bond donors (Lipinski definition) is 5. The molecule has 0 bridgehead atoms. The number of fused-ring (bicyclic) bond motifs is 1. The molecule has 29 heavy (non-hydrogen) atoms. The van der Waals surface area contributed by atoms with E-state index >= 15 is 0 Å². The lowest BCUT2D eigenvalue weighted by Gasteiger charge is -2.18. The second-order valence-corrected chi connectivity index (χ2v) is 7.93. The van der Waals surface area contributed by atoms with Gasteiger partial charge in [0.05, 0.1) is 12.1 Å². The Morgan fingerprint density at radius 1 is 1.14 bits per heavy atom. The zero-order valence-corrected chi connectivity index (χ0v) is 17.5. The maximum Gasteiger partial charge on any atom is 0.241 e. The fourth-order valence-electron chi connectivity index (χ4n) is 3.32. The molecule has 2 aromatic rings. The number of nitrogens with one attached hydrogen (secondary N) is 4. The maximum absolute atomic E-state index is 12.0. The third kappa shape index (κ3) is 6.37. The van der Waals surface area contributed by atoms with Gasteiger partial charge in [-0.25, -0.2) is 0 Å². The van der Waals surface area contributed by atoms with Crippen molar-refractivity contribution in [3.8, 4) is 0 Å². The van der Waals surface area contributed by atoms with Crippen LogP contribution in [0.5, 0.6) is 0 Å². The molecule has 0 aliphatic carbocycles. The zero-order valence-electron chi connectivity index (χ0n) is 16.0. The smallest absolute Gasteiger partial charge is 0.241 e. The monoisotopic (exact) mass is 460 g/mol. The second-order valence-electron chi connectivity index (χ2n) is 7.02. The van der Waals surface area contributed by atoms with Crippen molar-refractivity contribution in [2.24, 2.45) is 0 Å². The van der Waals surface area contributed by atoms with Crippen LogP contribution in [0.1, 0.15) is 17.5 Å². The summed E-state index contributed by atoms with van der Waals surface area (Å²) >= 11 is 3.28. The molecule has 1 saturated heterocycles. The van der Waals surface area contributed by atoms with E-state index < -0.39 is 6.10 Å². The van der Waals surface area contributed by atoms with Crippen molar-refractivity contribution in [2.45, 2.75) is 31.5 Å². The summed E-state index contributed by atoms with van der Waals surface area (Å²) in [5, 5.41) is 21.2. The molecule has 2 atom stereocenters. The van der Waals surface area contributed by atoms with Gasteiger partial charge in [-0.15, -0.1) is 0 Å².